The molecular formula is C25H27NO2. The van der Waals surface area contributed by atoms with Crippen LogP contribution in [0.2, 0.25) is 0 Å². The zero-order chi connectivity index (χ0) is 19.8. The number of hydrogen-bond acceptors (Lipinski definition) is 2. The smallest absolute Gasteiger partial charge is 0.324 e. The Hall–Kier alpha value is -2.91. The molecule has 0 radical (unpaired) electrons. The maximum atomic E-state index is 12.4. The fourth-order valence-electron chi connectivity index (χ4n) is 3.53. The number of carboxylic acid groups (broad SMARTS) is 1. The van der Waals surface area contributed by atoms with Crippen LogP contribution in [-0.2, 0) is 24.2 Å². The Morgan fingerprint density at radius 2 is 1.25 bits per heavy atom. The third-order valence-corrected chi connectivity index (χ3v) is 5.28. The predicted molar refractivity (Wildman–Crippen MR) is 113 cm³/mol. The van der Waals surface area contributed by atoms with Gasteiger partial charge >= 0.3 is 5.97 Å². The molecule has 0 aliphatic rings. The average molecular weight is 373 g/mol. The van der Waals surface area contributed by atoms with Crippen molar-refractivity contribution in [1.29, 1.82) is 0 Å². The summed E-state index contributed by atoms with van der Waals surface area (Å²) in [5.41, 5.74) is 2.38. The van der Waals surface area contributed by atoms with Crippen molar-refractivity contribution < 1.29 is 9.90 Å². The van der Waals surface area contributed by atoms with E-state index in [1.807, 2.05) is 73.7 Å². The topological polar surface area (TPSA) is 40.5 Å². The van der Waals surface area contributed by atoms with Gasteiger partial charge in [0.05, 0.1) is 0 Å². The zero-order valence-electron chi connectivity index (χ0n) is 16.3. The maximum absolute atomic E-state index is 12.4. The van der Waals surface area contributed by atoms with Gasteiger partial charge in [-0.2, -0.15) is 0 Å². The molecule has 0 amide bonds. The highest BCUT2D eigenvalue weighted by Crippen LogP contribution is 2.25. The Bertz CT molecular complexity index is 865. The van der Waals surface area contributed by atoms with Crippen molar-refractivity contribution >= 4 is 5.97 Å². The standard InChI is InChI=1S/C25H27NO2/c1-25(24(27)28,19-22-13-7-3-8-14-22)26(20-23-15-9-4-10-16-23)18-17-21-11-5-2-6-12-21/h2-16H,17-20H2,1H3,(H,27,28)/t25-/m0/s1. The lowest BCUT2D eigenvalue weighted by molar-refractivity contribution is -0.151. The molecule has 3 aromatic carbocycles. The summed E-state index contributed by atoms with van der Waals surface area (Å²) >= 11 is 0. The van der Waals surface area contributed by atoms with E-state index in [1.165, 1.54) is 5.56 Å². The number of benzene rings is 3. The van der Waals surface area contributed by atoms with Crippen LogP contribution in [0.3, 0.4) is 0 Å². The minimum atomic E-state index is -0.994. The molecule has 0 aliphatic carbocycles. The van der Waals surface area contributed by atoms with Gasteiger partial charge in [-0.05, 0) is 30.0 Å². The molecule has 0 heterocycles. The molecular weight excluding hydrogens is 346 g/mol. The van der Waals surface area contributed by atoms with Crippen LogP contribution in [0.25, 0.3) is 0 Å². The van der Waals surface area contributed by atoms with E-state index in [9.17, 15) is 9.90 Å². The summed E-state index contributed by atoms with van der Waals surface area (Å²) in [6.07, 6.45) is 1.27. The number of hydrogen-bond donors (Lipinski definition) is 1. The average Bonchev–Trinajstić information content (AvgIpc) is 2.73. The first kappa shape index (κ1) is 19.8. The summed E-state index contributed by atoms with van der Waals surface area (Å²) in [5.74, 6) is -0.791. The van der Waals surface area contributed by atoms with E-state index in [0.29, 0.717) is 19.5 Å². The molecule has 3 nitrogen and oxygen atoms in total. The third-order valence-electron chi connectivity index (χ3n) is 5.28. The minimum absolute atomic E-state index is 0.463. The van der Waals surface area contributed by atoms with Crippen molar-refractivity contribution in [2.24, 2.45) is 0 Å². The summed E-state index contributed by atoms with van der Waals surface area (Å²) in [5, 5.41) is 10.2. The molecule has 0 aliphatic heterocycles. The van der Waals surface area contributed by atoms with Crippen LogP contribution in [0.1, 0.15) is 23.6 Å². The molecule has 0 bridgehead atoms. The fourth-order valence-corrected chi connectivity index (χ4v) is 3.53. The van der Waals surface area contributed by atoms with E-state index < -0.39 is 11.5 Å². The monoisotopic (exact) mass is 373 g/mol. The molecule has 1 atom stereocenters. The predicted octanol–water partition coefficient (Wildman–Crippen LogP) is 4.82. The molecule has 3 rings (SSSR count). The first-order valence-electron chi connectivity index (χ1n) is 9.68. The second kappa shape index (κ2) is 9.34. The van der Waals surface area contributed by atoms with Crippen LogP contribution < -0.4 is 0 Å². The molecule has 0 aromatic heterocycles. The molecule has 0 fully saturated rings. The third kappa shape index (κ3) is 5.08. The Labute approximate surface area is 167 Å². The van der Waals surface area contributed by atoms with E-state index in [-0.39, 0.29) is 0 Å². The number of carboxylic acids is 1. The number of rotatable bonds is 9. The van der Waals surface area contributed by atoms with Gasteiger partial charge in [0.25, 0.3) is 0 Å². The molecule has 1 N–H and O–H groups in total. The first-order chi connectivity index (χ1) is 13.6. The highest BCUT2D eigenvalue weighted by atomic mass is 16.4. The first-order valence-corrected chi connectivity index (χ1v) is 9.68. The van der Waals surface area contributed by atoms with E-state index in [0.717, 1.165) is 17.5 Å². The van der Waals surface area contributed by atoms with Gasteiger partial charge in [-0.3, -0.25) is 9.69 Å². The van der Waals surface area contributed by atoms with E-state index in [1.54, 1.807) is 0 Å². The lowest BCUT2D eigenvalue weighted by Crippen LogP contribution is -2.54. The highest BCUT2D eigenvalue weighted by Gasteiger charge is 2.39. The van der Waals surface area contributed by atoms with Crippen molar-refractivity contribution in [3.8, 4) is 0 Å². The molecule has 3 heteroatoms. The SMILES string of the molecule is C[C@](Cc1ccccc1)(C(=O)O)N(CCc1ccccc1)Cc1ccccc1. The van der Waals surface area contributed by atoms with Gasteiger partial charge in [0, 0.05) is 19.5 Å². The van der Waals surface area contributed by atoms with Gasteiger partial charge in [0.15, 0.2) is 0 Å². The van der Waals surface area contributed by atoms with Crippen LogP contribution in [0.15, 0.2) is 91.0 Å². The van der Waals surface area contributed by atoms with Crippen LogP contribution >= 0.6 is 0 Å². The van der Waals surface area contributed by atoms with Gasteiger partial charge in [-0.15, -0.1) is 0 Å². The second-order valence-corrected chi connectivity index (χ2v) is 7.38. The summed E-state index contributed by atoms with van der Waals surface area (Å²) in [6.45, 7) is 3.12. The lowest BCUT2D eigenvalue weighted by Gasteiger charge is -2.38. The number of carbonyl (C=O) groups is 1. The van der Waals surface area contributed by atoms with Gasteiger partial charge in [0.1, 0.15) is 5.54 Å². The summed E-state index contributed by atoms with van der Waals surface area (Å²) in [6, 6.07) is 30.2. The normalized spacial score (nSPS) is 13.2. The Morgan fingerprint density at radius 3 is 1.75 bits per heavy atom. The van der Waals surface area contributed by atoms with E-state index >= 15 is 0 Å². The van der Waals surface area contributed by atoms with Gasteiger partial charge < -0.3 is 5.11 Å². The van der Waals surface area contributed by atoms with Crippen molar-refractivity contribution in [3.05, 3.63) is 108 Å². The second-order valence-electron chi connectivity index (χ2n) is 7.38. The van der Waals surface area contributed by atoms with Crippen LogP contribution in [-0.4, -0.2) is 28.1 Å². The molecule has 0 saturated carbocycles. The van der Waals surface area contributed by atoms with Gasteiger partial charge in [0.2, 0.25) is 0 Å². The fraction of sp³-hybridized carbons (Fsp3) is 0.240. The van der Waals surface area contributed by atoms with E-state index in [2.05, 4.69) is 29.2 Å². The Kier molecular flexibility index (Phi) is 6.62. The zero-order valence-corrected chi connectivity index (χ0v) is 16.3. The molecule has 28 heavy (non-hydrogen) atoms. The quantitative estimate of drug-likeness (QED) is 0.585. The highest BCUT2D eigenvalue weighted by molar-refractivity contribution is 5.78. The van der Waals surface area contributed by atoms with Crippen molar-refractivity contribution in [2.75, 3.05) is 6.54 Å². The van der Waals surface area contributed by atoms with Crippen molar-refractivity contribution in [3.63, 3.8) is 0 Å². The number of aliphatic carboxylic acids is 1. The summed E-state index contributed by atoms with van der Waals surface area (Å²) in [7, 11) is 0. The van der Waals surface area contributed by atoms with Crippen LogP contribution in [0.5, 0.6) is 0 Å². The largest absolute Gasteiger partial charge is 0.480 e. The van der Waals surface area contributed by atoms with E-state index in [4.69, 9.17) is 0 Å². The molecule has 3 aromatic rings. The summed E-state index contributed by atoms with van der Waals surface area (Å²) < 4.78 is 0. The molecule has 0 spiro atoms. The molecule has 0 unspecified atom stereocenters. The molecule has 0 saturated heterocycles. The van der Waals surface area contributed by atoms with Crippen molar-refractivity contribution in [2.45, 2.75) is 31.8 Å². The van der Waals surface area contributed by atoms with Crippen LogP contribution in [0.4, 0.5) is 0 Å². The Balaban J connectivity index is 1.87. The van der Waals surface area contributed by atoms with Gasteiger partial charge in [-0.1, -0.05) is 91.0 Å². The Morgan fingerprint density at radius 1 is 0.786 bits per heavy atom. The minimum Gasteiger partial charge on any atom is -0.480 e. The van der Waals surface area contributed by atoms with Crippen LogP contribution in [0, 0.1) is 0 Å². The van der Waals surface area contributed by atoms with Crippen molar-refractivity contribution in [1.82, 2.24) is 4.90 Å². The lowest BCUT2D eigenvalue weighted by atomic mass is 9.89. The number of nitrogens with zero attached hydrogens (tertiary/aromatic N) is 1. The summed E-state index contributed by atoms with van der Waals surface area (Å²) in [4.78, 5) is 14.5. The van der Waals surface area contributed by atoms with Gasteiger partial charge in [-0.25, -0.2) is 0 Å². The molecule has 144 valence electrons. The maximum Gasteiger partial charge on any atom is 0.324 e.